The lowest BCUT2D eigenvalue weighted by Crippen LogP contribution is -2.23. The van der Waals surface area contributed by atoms with Gasteiger partial charge in [0.2, 0.25) is 11.8 Å². The third kappa shape index (κ3) is 4.17. The largest absolute Gasteiger partial charge is 0.467 e. The van der Waals surface area contributed by atoms with E-state index in [0.29, 0.717) is 55.0 Å². The van der Waals surface area contributed by atoms with Crippen LogP contribution in [0.4, 0.5) is 0 Å². The van der Waals surface area contributed by atoms with Crippen LogP contribution in [0.1, 0.15) is 11.7 Å². The Balaban J connectivity index is 1.45. The van der Waals surface area contributed by atoms with Crippen molar-refractivity contribution in [2.75, 3.05) is 0 Å². The fraction of sp³-hybridized carbons (Fsp3) is 0.0909. The quantitative estimate of drug-likeness (QED) is 0.226. The first-order chi connectivity index (χ1) is 15.6. The van der Waals surface area contributed by atoms with Gasteiger partial charge in [0.15, 0.2) is 5.16 Å². The van der Waals surface area contributed by atoms with Gasteiger partial charge in [-0.05, 0) is 42.5 Å². The van der Waals surface area contributed by atoms with E-state index in [0.717, 1.165) is 0 Å². The first-order valence-electron chi connectivity index (χ1n) is 9.51. The molecule has 5 rings (SSSR count). The molecular formula is C22H14Cl2N4O3S. The zero-order chi connectivity index (χ0) is 22.1. The minimum atomic E-state index is -0.145. The second-order valence-electron chi connectivity index (χ2n) is 6.80. The van der Waals surface area contributed by atoms with Crippen LogP contribution in [-0.4, -0.2) is 19.7 Å². The molecule has 0 aliphatic carbocycles. The van der Waals surface area contributed by atoms with Crippen LogP contribution in [0.2, 0.25) is 10.0 Å². The van der Waals surface area contributed by atoms with Gasteiger partial charge in [-0.25, -0.2) is 4.98 Å². The molecule has 0 N–H and O–H groups in total. The van der Waals surface area contributed by atoms with Crippen molar-refractivity contribution < 1.29 is 8.83 Å². The van der Waals surface area contributed by atoms with E-state index in [1.54, 1.807) is 41.2 Å². The van der Waals surface area contributed by atoms with Crippen molar-refractivity contribution in [1.82, 2.24) is 19.7 Å². The van der Waals surface area contributed by atoms with E-state index >= 15 is 0 Å². The molecule has 5 aromatic rings. The standard InChI is InChI=1S/C22H14Cl2N4O3S/c23-13-7-8-15(17(24)10-13)20-27-26-19(31-20)12-32-22-25-18-6-2-1-5-16(18)21(29)28(22)11-14-4-3-9-30-14/h1-10H,11-12H2. The average Bonchev–Trinajstić information content (AvgIpc) is 3.47. The van der Waals surface area contributed by atoms with Gasteiger partial charge in [0.25, 0.3) is 5.56 Å². The molecule has 0 bridgehead atoms. The maximum atomic E-state index is 13.1. The fourth-order valence-corrected chi connectivity index (χ4v) is 4.49. The number of halogens is 2. The molecule has 0 fully saturated rings. The minimum absolute atomic E-state index is 0.145. The van der Waals surface area contributed by atoms with Crippen molar-refractivity contribution in [2.45, 2.75) is 17.5 Å². The van der Waals surface area contributed by atoms with Crippen LogP contribution >= 0.6 is 35.0 Å². The van der Waals surface area contributed by atoms with Gasteiger partial charge in [-0.3, -0.25) is 9.36 Å². The monoisotopic (exact) mass is 484 g/mol. The van der Waals surface area contributed by atoms with Crippen molar-refractivity contribution >= 4 is 45.9 Å². The van der Waals surface area contributed by atoms with Gasteiger partial charge in [-0.1, -0.05) is 47.1 Å². The van der Waals surface area contributed by atoms with Crippen LogP contribution < -0.4 is 5.56 Å². The third-order valence-corrected chi connectivity index (χ3v) is 6.18. The highest BCUT2D eigenvalue weighted by Crippen LogP contribution is 2.30. The zero-order valence-electron chi connectivity index (χ0n) is 16.4. The summed E-state index contributed by atoms with van der Waals surface area (Å²) in [6.07, 6.45) is 1.57. The van der Waals surface area contributed by atoms with Gasteiger partial charge in [0.1, 0.15) is 5.76 Å². The van der Waals surface area contributed by atoms with Crippen LogP contribution in [0, 0.1) is 0 Å². The van der Waals surface area contributed by atoms with Gasteiger partial charge in [0.05, 0.1) is 40.0 Å². The molecule has 3 aromatic heterocycles. The van der Waals surface area contributed by atoms with Crippen LogP contribution in [0.25, 0.3) is 22.4 Å². The Morgan fingerprint density at radius 3 is 2.72 bits per heavy atom. The third-order valence-electron chi connectivity index (χ3n) is 4.67. The molecule has 0 radical (unpaired) electrons. The van der Waals surface area contributed by atoms with Gasteiger partial charge in [0, 0.05) is 5.02 Å². The van der Waals surface area contributed by atoms with Gasteiger partial charge in [-0.2, -0.15) is 0 Å². The average molecular weight is 485 g/mol. The summed E-state index contributed by atoms with van der Waals surface area (Å²) < 4.78 is 12.8. The second kappa shape index (κ2) is 8.82. The number of aromatic nitrogens is 4. The second-order valence-corrected chi connectivity index (χ2v) is 8.58. The lowest BCUT2D eigenvalue weighted by Gasteiger charge is -2.11. The van der Waals surface area contributed by atoms with E-state index < -0.39 is 0 Å². The Morgan fingerprint density at radius 1 is 1.03 bits per heavy atom. The smallest absolute Gasteiger partial charge is 0.262 e. The van der Waals surface area contributed by atoms with Crippen molar-refractivity contribution in [3.05, 3.63) is 92.9 Å². The number of rotatable bonds is 6. The Kier molecular flexibility index (Phi) is 5.73. The molecule has 0 spiro atoms. The van der Waals surface area contributed by atoms with Gasteiger partial charge in [-0.15, -0.1) is 10.2 Å². The Labute approximate surface area is 196 Å². The molecule has 0 amide bonds. The van der Waals surface area contributed by atoms with E-state index in [2.05, 4.69) is 15.2 Å². The first kappa shape index (κ1) is 20.8. The van der Waals surface area contributed by atoms with Crippen molar-refractivity contribution in [3.63, 3.8) is 0 Å². The molecule has 0 saturated heterocycles. The highest BCUT2D eigenvalue weighted by atomic mass is 35.5. The van der Waals surface area contributed by atoms with Crippen LogP contribution in [0.5, 0.6) is 0 Å². The first-order valence-corrected chi connectivity index (χ1v) is 11.3. The summed E-state index contributed by atoms with van der Waals surface area (Å²) in [5, 5.41) is 10.2. The SMILES string of the molecule is O=c1c2ccccc2nc(SCc2nnc(-c3ccc(Cl)cc3Cl)o2)n1Cc1ccco1. The number of thioether (sulfide) groups is 1. The molecule has 32 heavy (non-hydrogen) atoms. The molecule has 0 saturated carbocycles. The Morgan fingerprint density at radius 2 is 1.91 bits per heavy atom. The van der Waals surface area contributed by atoms with Crippen LogP contribution in [-0.2, 0) is 12.3 Å². The summed E-state index contributed by atoms with van der Waals surface area (Å²) in [7, 11) is 0. The van der Waals surface area contributed by atoms with Crippen molar-refractivity contribution in [2.24, 2.45) is 0 Å². The van der Waals surface area contributed by atoms with Crippen LogP contribution in [0.15, 0.2) is 79.6 Å². The predicted molar refractivity (Wildman–Crippen MR) is 123 cm³/mol. The number of furan rings is 1. The van der Waals surface area contributed by atoms with E-state index in [1.165, 1.54) is 11.8 Å². The molecule has 2 aromatic carbocycles. The number of nitrogens with zero attached hydrogens (tertiary/aromatic N) is 4. The van der Waals surface area contributed by atoms with Gasteiger partial charge >= 0.3 is 0 Å². The Hall–Kier alpha value is -3.07. The summed E-state index contributed by atoms with van der Waals surface area (Å²) in [4.78, 5) is 17.8. The summed E-state index contributed by atoms with van der Waals surface area (Å²) >= 11 is 13.5. The number of hydrogen-bond acceptors (Lipinski definition) is 7. The summed E-state index contributed by atoms with van der Waals surface area (Å²) in [6, 6.07) is 15.9. The molecule has 0 aliphatic heterocycles. The molecule has 10 heteroatoms. The summed E-state index contributed by atoms with van der Waals surface area (Å²) in [5.41, 5.74) is 1.07. The van der Waals surface area contributed by atoms with Crippen molar-refractivity contribution in [1.29, 1.82) is 0 Å². The molecule has 0 atom stereocenters. The summed E-state index contributed by atoms with van der Waals surface area (Å²) in [6.45, 7) is 0.265. The molecular weight excluding hydrogens is 471 g/mol. The zero-order valence-corrected chi connectivity index (χ0v) is 18.7. The highest BCUT2D eigenvalue weighted by molar-refractivity contribution is 7.98. The molecule has 3 heterocycles. The van der Waals surface area contributed by atoms with Gasteiger partial charge < -0.3 is 8.83 Å². The predicted octanol–water partition coefficient (Wildman–Crippen LogP) is 5.69. The van der Waals surface area contributed by atoms with E-state index in [-0.39, 0.29) is 12.1 Å². The number of hydrogen-bond donors (Lipinski definition) is 0. The minimum Gasteiger partial charge on any atom is -0.467 e. The summed E-state index contributed by atoms with van der Waals surface area (Å²) in [5.74, 6) is 1.65. The highest BCUT2D eigenvalue weighted by Gasteiger charge is 2.16. The topological polar surface area (TPSA) is 87.0 Å². The molecule has 0 unspecified atom stereocenters. The maximum absolute atomic E-state index is 13.1. The number of para-hydroxylation sites is 1. The fourth-order valence-electron chi connectivity index (χ4n) is 3.17. The van der Waals surface area contributed by atoms with E-state index in [1.807, 2.05) is 24.3 Å². The lowest BCUT2D eigenvalue weighted by molar-refractivity contribution is 0.476. The maximum Gasteiger partial charge on any atom is 0.262 e. The Bertz CT molecular complexity index is 1460. The molecule has 0 aliphatic rings. The number of benzene rings is 2. The lowest BCUT2D eigenvalue weighted by atomic mass is 10.2. The molecule has 7 nitrogen and oxygen atoms in total. The normalized spacial score (nSPS) is 11.3. The van der Waals surface area contributed by atoms with E-state index in [9.17, 15) is 4.79 Å². The molecule has 160 valence electrons. The number of fused-ring (bicyclic) bond motifs is 1. The van der Waals surface area contributed by atoms with Crippen LogP contribution in [0.3, 0.4) is 0 Å². The van der Waals surface area contributed by atoms with Crippen molar-refractivity contribution in [3.8, 4) is 11.5 Å². The van der Waals surface area contributed by atoms with E-state index in [4.69, 9.17) is 32.0 Å².